The van der Waals surface area contributed by atoms with Crippen LogP contribution < -0.4 is 0 Å². The minimum absolute atomic E-state index is 1.25. The molecule has 0 aliphatic carbocycles. The maximum atomic E-state index is 4.21. The lowest BCUT2D eigenvalue weighted by atomic mass is 10.2. The molecule has 0 amide bonds. The molecule has 2 aromatic rings. The van der Waals surface area contributed by atoms with Gasteiger partial charge in [-0.2, -0.15) is 0 Å². The monoisotopic (exact) mass is 174 g/mol. The van der Waals surface area contributed by atoms with E-state index < -0.39 is 0 Å². The van der Waals surface area contributed by atoms with Crippen LogP contribution in [0.1, 0.15) is 16.8 Å². The van der Waals surface area contributed by atoms with Gasteiger partial charge < -0.3 is 4.57 Å². The largest absolute Gasteiger partial charge is 0.347 e. The summed E-state index contributed by atoms with van der Waals surface area (Å²) in [5, 5.41) is 1.28. The second-order valence-electron chi connectivity index (χ2n) is 3.62. The maximum Gasteiger partial charge on any atom is 0.0543 e. The van der Waals surface area contributed by atoms with Crippen molar-refractivity contribution in [2.75, 3.05) is 0 Å². The Labute approximate surface area is 78.2 Å². The summed E-state index contributed by atoms with van der Waals surface area (Å²) in [6, 6.07) is 0. The highest BCUT2D eigenvalue weighted by Gasteiger charge is 2.09. The first-order chi connectivity index (χ1) is 6.13. The molecular weight excluding hydrogens is 160 g/mol. The first kappa shape index (κ1) is 8.30. The quantitative estimate of drug-likeness (QED) is 0.600. The van der Waals surface area contributed by atoms with Crippen LogP contribution >= 0.6 is 0 Å². The highest BCUT2D eigenvalue weighted by atomic mass is 15.0. The van der Waals surface area contributed by atoms with E-state index in [1.54, 1.807) is 0 Å². The molecule has 0 N–H and O–H groups in total. The van der Waals surface area contributed by atoms with Gasteiger partial charge in [0.25, 0.3) is 0 Å². The van der Waals surface area contributed by atoms with E-state index >= 15 is 0 Å². The van der Waals surface area contributed by atoms with E-state index in [0.29, 0.717) is 0 Å². The molecule has 13 heavy (non-hydrogen) atoms. The molecule has 2 nitrogen and oxygen atoms in total. The van der Waals surface area contributed by atoms with Crippen molar-refractivity contribution in [3.63, 3.8) is 0 Å². The first-order valence-corrected chi connectivity index (χ1v) is 4.49. The van der Waals surface area contributed by atoms with Crippen molar-refractivity contribution >= 4 is 10.9 Å². The fourth-order valence-corrected chi connectivity index (χ4v) is 1.89. The smallest absolute Gasteiger partial charge is 0.0543 e. The molecule has 0 saturated heterocycles. The van der Waals surface area contributed by atoms with Crippen molar-refractivity contribution in [1.29, 1.82) is 0 Å². The van der Waals surface area contributed by atoms with Crippen LogP contribution in [0.25, 0.3) is 10.9 Å². The van der Waals surface area contributed by atoms with Crippen molar-refractivity contribution < 1.29 is 0 Å². The molecule has 2 aromatic heterocycles. The molecule has 68 valence electrons. The van der Waals surface area contributed by atoms with E-state index in [-0.39, 0.29) is 0 Å². The summed E-state index contributed by atoms with van der Waals surface area (Å²) in [5.41, 5.74) is 5.22. The molecule has 0 unspecified atom stereocenters. The minimum Gasteiger partial charge on any atom is -0.347 e. The Morgan fingerprint density at radius 3 is 2.46 bits per heavy atom. The predicted octanol–water partition coefficient (Wildman–Crippen LogP) is 2.50. The van der Waals surface area contributed by atoms with Gasteiger partial charge in [0.05, 0.1) is 5.52 Å². The summed E-state index contributed by atoms with van der Waals surface area (Å²) in [7, 11) is 2.11. The highest BCUT2D eigenvalue weighted by molar-refractivity contribution is 5.86. The van der Waals surface area contributed by atoms with Gasteiger partial charge in [0.1, 0.15) is 0 Å². The van der Waals surface area contributed by atoms with E-state index in [9.17, 15) is 0 Å². The maximum absolute atomic E-state index is 4.21. The molecule has 2 rings (SSSR count). The van der Waals surface area contributed by atoms with Crippen molar-refractivity contribution in [2.24, 2.45) is 7.05 Å². The third-order valence-electron chi connectivity index (χ3n) is 2.89. The van der Waals surface area contributed by atoms with Crippen molar-refractivity contribution in [3.05, 3.63) is 29.2 Å². The molecule has 0 aromatic carbocycles. The van der Waals surface area contributed by atoms with Gasteiger partial charge in [-0.05, 0) is 31.9 Å². The van der Waals surface area contributed by atoms with Gasteiger partial charge in [-0.25, -0.2) is 0 Å². The number of hydrogen-bond acceptors (Lipinski definition) is 1. The third kappa shape index (κ3) is 0.981. The SMILES string of the molecule is Cc1c(C)n(C)c2c(C)cncc12. The zero-order chi connectivity index (χ0) is 9.59. The standard InChI is InChI=1S/C11H14N2/c1-7-5-12-6-10-8(2)9(3)13(4)11(7)10/h5-6H,1-4H3. The molecule has 0 spiro atoms. The Hall–Kier alpha value is -1.31. The molecule has 2 heterocycles. The Balaban J connectivity index is 3.03. The van der Waals surface area contributed by atoms with Crippen molar-refractivity contribution in [1.82, 2.24) is 9.55 Å². The van der Waals surface area contributed by atoms with Crippen LogP contribution in [-0.4, -0.2) is 9.55 Å². The number of aryl methyl sites for hydroxylation is 3. The highest BCUT2D eigenvalue weighted by Crippen LogP contribution is 2.25. The number of aromatic nitrogens is 2. The van der Waals surface area contributed by atoms with Gasteiger partial charge >= 0.3 is 0 Å². The lowest BCUT2D eigenvalue weighted by molar-refractivity contribution is 0.906. The average molecular weight is 174 g/mol. The number of rotatable bonds is 0. The molecule has 0 aliphatic rings. The van der Waals surface area contributed by atoms with Gasteiger partial charge in [-0.3, -0.25) is 4.98 Å². The fraction of sp³-hybridized carbons (Fsp3) is 0.364. The summed E-state index contributed by atoms with van der Waals surface area (Å²) >= 11 is 0. The van der Waals surface area contributed by atoms with Crippen molar-refractivity contribution in [3.8, 4) is 0 Å². The summed E-state index contributed by atoms with van der Waals surface area (Å²) in [5.74, 6) is 0. The van der Waals surface area contributed by atoms with E-state index in [1.165, 1.54) is 27.7 Å². The predicted molar refractivity (Wildman–Crippen MR) is 54.9 cm³/mol. The molecule has 0 fully saturated rings. The average Bonchev–Trinajstić information content (AvgIpc) is 2.33. The van der Waals surface area contributed by atoms with Crippen LogP contribution in [0, 0.1) is 20.8 Å². The number of nitrogens with zero attached hydrogens (tertiary/aromatic N) is 2. The van der Waals surface area contributed by atoms with Gasteiger partial charge in [-0.1, -0.05) is 0 Å². The second kappa shape index (κ2) is 2.59. The Bertz CT molecular complexity index is 466. The lowest BCUT2D eigenvalue weighted by Crippen LogP contribution is -1.92. The van der Waals surface area contributed by atoms with Gasteiger partial charge in [0.15, 0.2) is 0 Å². The fourth-order valence-electron chi connectivity index (χ4n) is 1.89. The summed E-state index contributed by atoms with van der Waals surface area (Å²) in [6.45, 7) is 6.40. The van der Waals surface area contributed by atoms with Gasteiger partial charge in [0.2, 0.25) is 0 Å². The normalized spacial score (nSPS) is 11.1. The van der Waals surface area contributed by atoms with Crippen molar-refractivity contribution in [2.45, 2.75) is 20.8 Å². The molecular formula is C11H14N2. The third-order valence-corrected chi connectivity index (χ3v) is 2.89. The zero-order valence-corrected chi connectivity index (χ0v) is 8.55. The van der Waals surface area contributed by atoms with Crippen LogP contribution in [0.5, 0.6) is 0 Å². The second-order valence-corrected chi connectivity index (χ2v) is 3.62. The van der Waals surface area contributed by atoms with Crippen LogP contribution in [-0.2, 0) is 7.05 Å². The van der Waals surface area contributed by atoms with Crippen LogP contribution in [0.3, 0.4) is 0 Å². The van der Waals surface area contributed by atoms with E-state index in [2.05, 4.69) is 37.4 Å². The van der Waals surface area contributed by atoms with Gasteiger partial charge in [-0.15, -0.1) is 0 Å². The first-order valence-electron chi connectivity index (χ1n) is 4.49. The Morgan fingerprint density at radius 2 is 1.85 bits per heavy atom. The molecule has 0 atom stereocenters. The summed E-state index contributed by atoms with van der Waals surface area (Å²) < 4.78 is 2.24. The molecule has 0 radical (unpaired) electrons. The molecule has 0 bridgehead atoms. The van der Waals surface area contributed by atoms with E-state index in [4.69, 9.17) is 0 Å². The van der Waals surface area contributed by atoms with E-state index in [0.717, 1.165) is 0 Å². The van der Waals surface area contributed by atoms with Gasteiger partial charge in [0, 0.05) is 30.5 Å². The van der Waals surface area contributed by atoms with Crippen LogP contribution in [0.15, 0.2) is 12.4 Å². The zero-order valence-electron chi connectivity index (χ0n) is 8.55. The topological polar surface area (TPSA) is 17.8 Å². The molecule has 0 saturated carbocycles. The number of pyridine rings is 1. The lowest BCUT2D eigenvalue weighted by Gasteiger charge is -2.00. The minimum atomic E-state index is 1.25. The van der Waals surface area contributed by atoms with Crippen LogP contribution in [0.4, 0.5) is 0 Å². The Kier molecular flexibility index (Phi) is 1.65. The molecule has 0 aliphatic heterocycles. The van der Waals surface area contributed by atoms with E-state index in [1.807, 2.05) is 12.4 Å². The Morgan fingerprint density at radius 1 is 1.15 bits per heavy atom. The number of hydrogen-bond donors (Lipinski definition) is 0. The number of fused-ring (bicyclic) bond motifs is 1. The summed E-state index contributed by atoms with van der Waals surface area (Å²) in [4.78, 5) is 4.21. The summed E-state index contributed by atoms with van der Waals surface area (Å²) in [6.07, 6.45) is 3.87. The molecule has 2 heteroatoms. The van der Waals surface area contributed by atoms with Crippen LogP contribution in [0.2, 0.25) is 0 Å².